The molecule has 10 aromatic carbocycles. The van der Waals surface area contributed by atoms with Gasteiger partial charge in [0.15, 0.2) is 0 Å². The van der Waals surface area contributed by atoms with Crippen molar-refractivity contribution in [1.82, 2.24) is 0 Å². The Balaban J connectivity index is 1.07. The first kappa shape index (κ1) is 36.7. The molecular weight excluding hydrogens is 773 g/mol. The van der Waals surface area contributed by atoms with Crippen LogP contribution >= 0.6 is 0 Å². The Morgan fingerprint density at radius 1 is 0.391 bits per heavy atom. The Morgan fingerprint density at radius 2 is 0.953 bits per heavy atom. The van der Waals surface area contributed by atoms with E-state index in [9.17, 15) is 0 Å². The van der Waals surface area contributed by atoms with Gasteiger partial charge >= 0.3 is 0 Å². The second-order valence-electron chi connectivity index (χ2n) is 17.9. The molecule has 1 aromatic heterocycles. The normalized spacial score (nSPS) is 13.5. The fourth-order valence-corrected chi connectivity index (χ4v) is 11.3. The average molecular weight is 816 g/mol. The summed E-state index contributed by atoms with van der Waals surface area (Å²) in [5.41, 5.74) is 21.8. The quantitative estimate of drug-likeness (QED) is 0.161. The lowest BCUT2D eigenvalue weighted by molar-refractivity contribution is 0.632. The Kier molecular flexibility index (Phi) is 8.08. The fourth-order valence-electron chi connectivity index (χ4n) is 11.3. The Labute approximate surface area is 373 Å². The highest BCUT2D eigenvalue weighted by Gasteiger charge is 2.41. The summed E-state index contributed by atoms with van der Waals surface area (Å²) in [6, 6.07) is 80.4. The van der Waals surface area contributed by atoms with Crippen molar-refractivity contribution in [2.75, 3.05) is 4.90 Å². The molecule has 0 saturated carbocycles. The predicted octanol–water partition coefficient (Wildman–Crippen LogP) is 14.3. The molecule has 3 heteroatoms. The van der Waals surface area contributed by atoms with Crippen LogP contribution in [0.2, 0.25) is 0 Å². The zero-order valence-corrected chi connectivity index (χ0v) is 35.7. The third-order valence-electron chi connectivity index (χ3n) is 14.1. The minimum absolute atomic E-state index is 0.0676. The van der Waals surface area contributed by atoms with E-state index in [2.05, 4.69) is 237 Å². The molecule has 0 spiro atoms. The van der Waals surface area contributed by atoms with Gasteiger partial charge in [-0.25, -0.2) is 0 Å². The molecule has 0 bridgehead atoms. The highest BCUT2D eigenvalue weighted by atomic mass is 16.3. The van der Waals surface area contributed by atoms with Crippen LogP contribution in [0.3, 0.4) is 0 Å². The third kappa shape index (κ3) is 5.34. The van der Waals surface area contributed by atoms with Gasteiger partial charge in [0.1, 0.15) is 11.2 Å². The van der Waals surface area contributed by atoms with E-state index in [1.54, 1.807) is 0 Å². The van der Waals surface area contributed by atoms with Crippen molar-refractivity contribution < 1.29 is 4.42 Å². The van der Waals surface area contributed by atoms with Crippen molar-refractivity contribution in [3.05, 3.63) is 230 Å². The summed E-state index contributed by atoms with van der Waals surface area (Å²) in [6.45, 7) is 4.60. The van der Waals surface area contributed by atoms with Gasteiger partial charge in [0.25, 0.3) is 0 Å². The molecule has 0 N–H and O–H groups in total. The van der Waals surface area contributed by atoms with Gasteiger partial charge < -0.3 is 9.32 Å². The van der Waals surface area contributed by atoms with E-state index >= 15 is 0 Å². The molecule has 2 nitrogen and oxygen atoms in total. The van der Waals surface area contributed by atoms with Crippen LogP contribution in [0.25, 0.3) is 77.2 Å². The second-order valence-corrected chi connectivity index (χ2v) is 17.9. The van der Waals surface area contributed by atoms with Gasteiger partial charge in [0, 0.05) is 27.9 Å². The number of nitrogens with zero attached hydrogens (tertiary/aromatic N) is 1. The maximum atomic E-state index is 6.85. The summed E-state index contributed by atoms with van der Waals surface area (Å²) in [4.78, 5) is 2.41. The monoisotopic (exact) mass is 815 g/mol. The number of hydrogen-bond donors (Lipinski definition) is 0. The molecule has 0 aliphatic carbocycles. The number of rotatable bonds is 5. The van der Waals surface area contributed by atoms with Crippen LogP contribution in [-0.2, 0) is 5.41 Å². The predicted molar refractivity (Wildman–Crippen MR) is 271 cm³/mol. The van der Waals surface area contributed by atoms with Crippen molar-refractivity contribution in [1.29, 1.82) is 0 Å². The topological polar surface area (TPSA) is 16.4 Å². The lowest BCUT2D eigenvalue weighted by Crippen LogP contribution is -2.50. The van der Waals surface area contributed by atoms with Crippen LogP contribution in [0.5, 0.6) is 0 Å². The number of furan rings is 1. The molecule has 2 aliphatic rings. The Bertz CT molecular complexity index is 3600. The highest BCUT2D eigenvalue weighted by molar-refractivity contribution is 7.01. The molecule has 2 aliphatic heterocycles. The molecule has 0 atom stereocenters. The van der Waals surface area contributed by atoms with E-state index in [1.807, 2.05) is 0 Å². The minimum Gasteiger partial charge on any atom is -0.456 e. The highest BCUT2D eigenvalue weighted by Crippen LogP contribution is 2.52. The smallest absolute Gasteiger partial charge is 0.244 e. The van der Waals surface area contributed by atoms with Gasteiger partial charge in [0.05, 0.1) is 11.4 Å². The van der Waals surface area contributed by atoms with Crippen LogP contribution in [0, 0.1) is 0 Å². The first-order valence-electron chi connectivity index (χ1n) is 22.4. The van der Waals surface area contributed by atoms with E-state index in [-0.39, 0.29) is 12.1 Å². The summed E-state index contributed by atoms with van der Waals surface area (Å²) < 4.78 is 6.85. The van der Waals surface area contributed by atoms with E-state index < -0.39 is 0 Å². The molecule has 11 aromatic rings. The zero-order chi connectivity index (χ0) is 42.5. The second kappa shape index (κ2) is 14.1. The van der Waals surface area contributed by atoms with E-state index in [0.717, 1.165) is 27.6 Å². The standard InChI is InChI=1S/C61H42BNO/c1-61(2)50-29-14-16-31-52(50)63(53-32-17-15-30-51(53)61)43-34-35-45-49-37-42(33-36-54(49)64-55(45)38-43)62-59-44(39-19-6-3-7-20-39)27-18-28-48(59)58-56(40-21-8-4-9-22-40)46-25-12-13-26-47(46)57(60(58)62)41-23-10-5-11-24-41/h3-38H,1-2H3. The zero-order valence-electron chi connectivity index (χ0n) is 35.7. The van der Waals surface area contributed by atoms with Gasteiger partial charge in [-0.15, -0.1) is 0 Å². The molecule has 0 unspecified atom stereocenters. The van der Waals surface area contributed by atoms with Gasteiger partial charge in [-0.2, -0.15) is 0 Å². The molecule has 300 valence electrons. The molecular formula is C61H42BNO. The van der Waals surface area contributed by atoms with E-state index in [4.69, 9.17) is 4.42 Å². The number of anilines is 3. The van der Waals surface area contributed by atoms with Crippen LogP contribution < -0.4 is 21.3 Å². The molecule has 3 heterocycles. The molecule has 64 heavy (non-hydrogen) atoms. The summed E-state index contributed by atoms with van der Waals surface area (Å²) in [5.74, 6) is 0. The fraction of sp³-hybridized carbons (Fsp3) is 0.0492. The van der Waals surface area contributed by atoms with Crippen LogP contribution in [-0.4, -0.2) is 6.71 Å². The maximum absolute atomic E-state index is 6.85. The Morgan fingerprint density at radius 3 is 1.62 bits per heavy atom. The lowest BCUT2D eigenvalue weighted by atomic mass is 9.37. The largest absolute Gasteiger partial charge is 0.456 e. The van der Waals surface area contributed by atoms with Crippen molar-refractivity contribution >= 4 is 72.9 Å². The Hall–Kier alpha value is -7.88. The summed E-state index contributed by atoms with van der Waals surface area (Å²) in [5, 5.41) is 4.76. The first-order valence-corrected chi connectivity index (χ1v) is 22.4. The molecule has 0 amide bonds. The molecule has 0 saturated heterocycles. The van der Waals surface area contributed by atoms with Crippen molar-refractivity contribution in [3.8, 4) is 44.5 Å². The first-order chi connectivity index (χ1) is 31.5. The van der Waals surface area contributed by atoms with Gasteiger partial charge in [-0.3, -0.25) is 0 Å². The number of para-hydroxylation sites is 2. The number of benzene rings is 10. The minimum atomic E-state index is -0.129. The lowest BCUT2D eigenvalue weighted by Gasteiger charge is -2.41. The van der Waals surface area contributed by atoms with Crippen molar-refractivity contribution in [2.24, 2.45) is 0 Å². The summed E-state index contributed by atoms with van der Waals surface area (Å²) >= 11 is 0. The van der Waals surface area contributed by atoms with E-state index in [0.29, 0.717) is 0 Å². The molecule has 13 rings (SSSR count). The summed E-state index contributed by atoms with van der Waals surface area (Å²) in [6.07, 6.45) is 0. The number of fused-ring (bicyclic) bond motifs is 9. The van der Waals surface area contributed by atoms with Crippen LogP contribution in [0.1, 0.15) is 25.0 Å². The summed E-state index contributed by atoms with van der Waals surface area (Å²) in [7, 11) is 0. The van der Waals surface area contributed by atoms with Crippen LogP contribution in [0.15, 0.2) is 223 Å². The molecule has 0 radical (unpaired) electrons. The number of hydrogen-bond acceptors (Lipinski definition) is 2. The van der Waals surface area contributed by atoms with E-state index in [1.165, 1.54) is 94.2 Å². The van der Waals surface area contributed by atoms with Gasteiger partial charge in [-0.05, 0) is 96.7 Å². The van der Waals surface area contributed by atoms with Gasteiger partial charge in [-0.1, -0.05) is 212 Å². The average Bonchev–Trinajstić information content (AvgIpc) is 3.89. The SMILES string of the molecule is CC1(C)c2ccccc2N(c2ccc3c(c2)oc2ccc(B4c5c(-c6ccccc6)cccc5-c5c4c(-c4ccccc4)c4ccccc4c5-c4ccccc4)cc23)c2ccccc21. The maximum Gasteiger partial charge on any atom is 0.244 e. The van der Waals surface area contributed by atoms with Crippen LogP contribution in [0.4, 0.5) is 17.1 Å². The molecule has 0 fully saturated rings. The van der Waals surface area contributed by atoms with Crippen molar-refractivity contribution in [3.63, 3.8) is 0 Å². The van der Waals surface area contributed by atoms with Gasteiger partial charge in [0.2, 0.25) is 6.71 Å². The third-order valence-corrected chi connectivity index (χ3v) is 14.1. The van der Waals surface area contributed by atoms with Crippen molar-refractivity contribution in [2.45, 2.75) is 19.3 Å².